The van der Waals surface area contributed by atoms with Gasteiger partial charge in [-0.3, -0.25) is 24.6 Å². The van der Waals surface area contributed by atoms with Crippen LogP contribution in [0.25, 0.3) is 5.76 Å². The number of aliphatic hydroxyl groups is 1. The molecule has 12 heteroatoms. The number of nitro benzene ring substituents is 1. The summed E-state index contributed by atoms with van der Waals surface area (Å²) in [5, 5.41) is 22.6. The summed E-state index contributed by atoms with van der Waals surface area (Å²) in [7, 11) is 1.49. The number of rotatable bonds is 8. The van der Waals surface area contributed by atoms with Gasteiger partial charge in [0.2, 0.25) is 0 Å². The molecule has 0 saturated carbocycles. The van der Waals surface area contributed by atoms with E-state index in [0.29, 0.717) is 22.4 Å². The summed E-state index contributed by atoms with van der Waals surface area (Å²) in [5.74, 6) is -2.53. The molecule has 0 aliphatic carbocycles. The van der Waals surface area contributed by atoms with E-state index in [1.807, 2.05) is 0 Å². The monoisotopic (exact) mass is 549 g/mol. The molecule has 1 saturated heterocycles. The third kappa shape index (κ3) is 5.01. The van der Waals surface area contributed by atoms with Gasteiger partial charge in [0, 0.05) is 17.7 Å². The SMILES string of the molecule is C=CCOC(=O)c1sc(N2C(=O)C(=O)C(=C(O)c3ccc(OC)cc3C)C2c2ccc([N+](=O)[O-])cc2)nc1C. The summed E-state index contributed by atoms with van der Waals surface area (Å²) in [6, 6.07) is 8.91. The Hall–Kier alpha value is -4.84. The number of carbonyl (C=O) groups is 3. The lowest BCUT2D eigenvalue weighted by molar-refractivity contribution is -0.384. The smallest absolute Gasteiger partial charge is 0.350 e. The number of non-ortho nitro benzene ring substituents is 1. The molecule has 4 rings (SSSR count). The fourth-order valence-electron chi connectivity index (χ4n) is 4.17. The molecule has 1 aromatic heterocycles. The van der Waals surface area contributed by atoms with Crippen LogP contribution >= 0.6 is 11.3 Å². The molecular formula is C27H23N3O8S. The first-order valence-electron chi connectivity index (χ1n) is 11.5. The molecule has 0 radical (unpaired) electrons. The van der Waals surface area contributed by atoms with Gasteiger partial charge in [-0.1, -0.05) is 24.0 Å². The molecule has 1 aliphatic rings. The number of nitrogens with zero attached hydrogens (tertiary/aromatic N) is 3. The number of ketones is 1. The average molecular weight is 550 g/mol. The summed E-state index contributed by atoms with van der Waals surface area (Å²) in [6.45, 7) is 6.74. The van der Waals surface area contributed by atoms with Gasteiger partial charge in [-0.2, -0.15) is 0 Å². The first-order chi connectivity index (χ1) is 18.6. The third-order valence-corrected chi connectivity index (χ3v) is 7.20. The normalized spacial score (nSPS) is 16.3. The summed E-state index contributed by atoms with van der Waals surface area (Å²) >= 11 is 0.849. The molecule has 3 aromatic rings. The Labute approximate surface area is 226 Å². The van der Waals surface area contributed by atoms with Crippen molar-refractivity contribution in [1.82, 2.24) is 4.98 Å². The Morgan fingerprint density at radius 3 is 2.51 bits per heavy atom. The van der Waals surface area contributed by atoms with Crippen LogP contribution in [0, 0.1) is 24.0 Å². The van der Waals surface area contributed by atoms with E-state index in [0.717, 1.165) is 16.2 Å². The molecule has 1 amide bonds. The highest BCUT2D eigenvalue weighted by Gasteiger charge is 2.48. The van der Waals surface area contributed by atoms with Crippen LogP contribution < -0.4 is 9.64 Å². The van der Waals surface area contributed by atoms with Gasteiger partial charge in [-0.15, -0.1) is 0 Å². The Bertz CT molecular complexity index is 1540. The minimum Gasteiger partial charge on any atom is -0.507 e. The lowest BCUT2D eigenvalue weighted by Gasteiger charge is -2.23. The van der Waals surface area contributed by atoms with Crippen LogP contribution in [0.4, 0.5) is 10.8 Å². The number of nitro groups is 1. The van der Waals surface area contributed by atoms with Gasteiger partial charge in [-0.05, 0) is 55.3 Å². The van der Waals surface area contributed by atoms with Crippen LogP contribution in [0.1, 0.15) is 38.1 Å². The second-order valence-electron chi connectivity index (χ2n) is 8.50. The number of ether oxygens (including phenoxy) is 2. The molecule has 0 bridgehead atoms. The second kappa shape index (κ2) is 10.9. The van der Waals surface area contributed by atoms with Crippen LogP contribution in [-0.4, -0.2) is 46.4 Å². The maximum absolute atomic E-state index is 13.4. The van der Waals surface area contributed by atoms with E-state index in [1.54, 1.807) is 32.0 Å². The number of hydrogen-bond acceptors (Lipinski definition) is 10. The predicted octanol–water partition coefficient (Wildman–Crippen LogP) is 4.65. The number of amides is 1. The number of aliphatic hydroxyl groups excluding tert-OH is 1. The van der Waals surface area contributed by atoms with E-state index in [4.69, 9.17) is 9.47 Å². The Kier molecular flexibility index (Phi) is 7.58. The summed E-state index contributed by atoms with van der Waals surface area (Å²) in [5.41, 5.74) is 1.04. The molecule has 1 aliphatic heterocycles. The minimum absolute atomic E-state index is 0.0222. The van der Waals surface area contributed by atoms with Crippen molar-refractivity contribution in [2.75, 3.05) is 18.6 Å². The Balaban J connectivity index is 1.91. The van der Waals surface area contributed by atoms with Crippen LogP contribution in [0.5, 0.6) is 5.75 Å². The van der Waals surface area contributed by atoms with Crippen molar-refractivity contribution in [1.29, 1.82) is 0 Å². The van der Waals surface area contributed by atoms with Gasteiger partial charge in [-0.25, -0.2) is 9.78 Å². The number of esters is 1. The number of aromatic nitrogens is 1. The average Bonchev–Trinajstić information content (AvgIpc) is 3.43. The van der Waals surface area contributed by atoms with Crippen LogP contribution in [0.15, 0.2) is 60.7 Å². The van der Waals surface area contributed by atoms with Crippen LogP contribution in [0.3, 0.4) is 0 Å². The number of hydrogen-bond donors (Lipinski definition) is 1. The number of aryl methyl sites for hydroxylation is 2. The zero-order valence-electron chi connectivity index (χ0n) is 21.2. The number of carbonyl (C=O) groups excluding carboxylic acids is 3. The zero-order chi connectivity index (χ0) is 28.4. The van der Waals surface area contributed by atoms with Crippen molar-refractivity contribution in [3.05, 3.63) is 98.1 Å². The van der Waals surface area contributed by atoms with E-state index in [1.165, 1.54) is 37.5 Å². The number of Topliss-reactive ketones (excluding diaryl/α,β-unsaturated/α-hetero) is 1. The fraction of sp³-hybridized carbons (Fsp3) is 0.185. The fourth-order valence-corrected chi connectivity index (χ4v) is 5.16. The van der Waals surface area contributed by atoms with E-state index < -0.39 is 34.4 Å². The lowest BCUT2D eigenvalue weighted by Crippen LogP contribution is -2.29. The molecule has 1 unspecified atom stereocenters. The van der Waals surface area contributed by atoms with Gasteiger partial charge in [0.15, 0.2) is 5.13 Å². The molecule has 2 heterocycles. The summed E-state index contributed by atoms with van der Waals surface area (Å²) < 4.78 is 10.3. The quantitative estimate of drug-likeness (QED) is 0.0806. The lowest BCUT2D eigenvalue weighted by atomic mass is 9.94. The highest BCUT2D eigenvalue weighted by atomic mass is 32.1. The van der Waals surface area contributed by atoms with Gasteiger partial charge in [0.25, 0.3) is 11.5 Å². The van der Waals surface area contributed by atoms with E-state index in [-0.39, 0.29) is 33.6 Å². The number of benzene rings is 2. The highest BCUT2D eigenvalue weighted by molar-refractivity contribution is 7.17. The van der Waals surface area contributed by atoms with E-state index >= 15 is 0 Å². The first kappa shape index (κ1) is 27.2. The first-order valence-corrected chi connectivity index (χ1v) is 12.4. The Morgan fingerprint density at radius 1 is 1.23 bits per heavy atom. The third-order valence-electron chi connectivity index (χ3n) is 6.06. The molecule has 1 N–H and O–H groups in total. The minimum atomic E-state index is -1.19. The number of anilines is 1. The van der Waals surface area contributed by atoms with E-state index in [2.05, 4.69) is 11.6 Å². The highest BCUT2D eigenvalue weighted by Crippen LogP contribution is 2.44. The molecule has 1 fully saturated rings. The van der Waals surface area contributed by atoms with Crippen molar-refractivity contribution >= 4 is 45.6 Å². The molecular weight excluding hydrogens is 526 g/mol. The molecule has 11 nitrogen and oxygen atoms in total. The Morgan fingerprint density at radius 2 is 1.92 bits per heavy atom. The summed E-state index contributed by atoms with van der Waals surface area (Å²) in [4.78, 5) is 55.5. The van der Waals surface area contributed by atoms with Gasteiger partial charge in [0.05, 0.1) is 29.3 Å². The topological polar surface area (TPSA) is 149 Å². The van der Waals surface area contributed by atoms with Crippen molar-refractivity contribution in [2.45, 2.75) is 19.9 Å². The van der Waals surface area contributed by atoms with Crippen molar-refractivity contribution in [2.24, 2.45) is 0 Å². The molecule has 0 spiro atoms. The van der Waals surface area contributed by atoms with Crippen molar-refractivity contribution < 1.29 is 33.9 Å². The van der Waals surface area contributed by atoms with Crippen LogP contribution in [-0.2, 0) is 14.3 Å². The molecule has 39 heavy (non-hydrogen) atoms. The van der Waals surface area contributed by atoms with Gasteiger partial charge < -0.3 is 14.6 Å². The summed E-state index contributed by atoms with van der Waals surface area (Å²) in [6.07, 6.45) is 1.41. The van der Waals surface area contributed by atoms with E-state index in [9.17, 15) is 29.6 Å². The zero-order valence-corrected chi connectivity index (χ0v) is 22.0. The maximum Gasteiger partial charge on any atom is 0.350 e. The largest absolute Gasteiger partial charge is 0.507 e. The molecule has 1 atom stereocenters. The van der Waals surface area contributed by atoms with Crippen molar-refractivity contribution in [3.8, 4) is 5.75 Å². The maximum atomic E-state index is 13.4. The predicted molar refractivity (Wildman–Crippen MR) is 143 cm³/mol. The van der Waals surface area contributed by atoms with Crippen LogP contribution in [0.2, 0.25) is 0 Å². The van der Waals surface area contributed by atoms with Gasteiger partial charge >= 0.3 is 11.9 Å². The van der Waals surface area contributed by atoms with Crippen molar-refractivity contribution in [3.63, 3.8) is 0 Å². The standard InChI is InChI=1S/C27H23N3O8S/c1-5-12-38-26(34)24-15(3)28-27(39-24)29-21(16-6-8-17(9-7-16)30(35)36)20(23(32)25(29)33)22(31)19-11-10-18(37-4)13-14(19)2/h5-11,13,21,31H,1,12H2,2-4H3. The molecule has 2 aromatic carbocycles. The number of thiazole rings is 1. The second-order valence-corrected chi connectivity index (χ2v) is 9.47. The molecule has 200 valence electrons. The van der Waals surface area contributed by atoms with Gasteiger partial charge in [0.1, 0.15) is 23.0 Å². The number of methoxy groups -OCH3 is 1.